The smallest absolute Gasteiger partial charge is 0.237 e. The van der Waals surface area contributed by atoms with Crippen molar-refractivity contribution < 1.29 is 4.79 Å². The second-order valence-corrected chi connectivity index (χ2v) is 4.15. The molecule has 2 N–H and O–H groups in total. The Morgan fingerprint density at radius 1 is 1.39 bits per heavy atom. The van der Waals surface area contributed by atoms with Crippen LogP contribution in [-0.2, 0) is 17.8 Å². The predicted molar refractivity (Wildman–Crippen MR) is 74.0 cm³/mol. The molecule has 0 aliphatic rings. The topological polar surface area (TPSA) is 41.1 Å². The van der Waals surface area contributed by atoms with Crippen LogP contribution in [0, 0.1) is 12.3 Å². The number of carbonyl (C=O) groups excluding carboxylic acids is 1. The van der Waals surface area contributed by atoms with Crippen molar-refractivity contribution in [1.29, 1.82) is 0 Å². The summed E-state index contributed by atoms with van der Waals surface area (Å²) in [7, 11) is 0. The second kappa shape index (κ2) is 7.52. The van der Waals surface area contributed by atoms with E-state index in [1.165, 1.54) is 11.1 Å². The van der Waals surface area contributed by atoms with E-state index in [1.54, 1.807) is 0 Å². The molecule has 0 spiro atoms. The van der Waals surface area contributed by atoms with Gasteiger partial charge in [0, 0.05) is 6.54 Å². The normalized spacial score (nSPS) is 11.6. The maximum Gasteiger partial charge on any atom is 0.237 e. The largest absolute Gasteiger partial charge is 0.344 e. The highest BCUT2D eigenvalue weighted by Gasteiger charge is 2.11. The van der Waals surface area contributed by atoms with E-state index in [2.05, 4.69) is 35.6 Å². The number of hydrogen-bond donors (Lipinski definition) is 2. The third-order valence-electron chi connectivity index (χ3n) is 2.86. The van der Waals surface area contributed by atoms with E-state index in [-0.39, 0.29) is 18.5 Å². The van der Waals surface area contributed by atoms with Crippen LogP contribution >= 0.6 is 0 Å². The molecule has 18 heavy (non-hydrogen) atoms. The number of carbonyl (C=O) groups is 1. The molecule has 1 aromatic carbocycles. The van der Waals surface area contributed by atoms with Crippen LogP contribution in [0.15, 0.2) is 24.3 Å². The summed E-state index contributed by atoms with van der Waals surface area (Å²) in [6, 6.07) is 7.99. The molecular weight excluding hydrogens is 224 g/mol. The van der Waals surface area contributed by atoms with Crippen LogP contribution in [0.3, 0.4) is 0 Å². The maximum atomic E-state index is 11.6. The van der Waals surface area contributed by atoms with Gasteiger partial charge in [0.05, 0.1) is 12.6 Å². The Bertz CT molecular complexity index is 434. The van der Waals surface area contributed by atoms with Crippen LogP contribution in [-0.4, -0.2) is 18.5 Å². The van der Waals surface area contributed by atoms with Gasteiger partial charge >= 0.3 is 0 Å². The lowest BCUT2D eigenvalue weighted by molar-refractivity contribution is -0.122. The Balaban J connectivity index is 2.49. The van der Waals surface area contributed by atoms with Crippen LogP contribution in [0.2, 0.25) is 0 Å². The third-order valence-corrected chi connectivity index (χ3v) is 2.86. The molecule has 1 amide bonds. The van der Waals surface area contributed by atoms with Gasteiger partial charge in [0.15, 0.2) is 0 Å². The Kier molecular flexibility index (Phi) is 5.96. The van der Waals surface area contributed by atoms with Crippen LogP contribution in [0.25, 0.3) is 0 Å². The highest BCUT2D eigenvalue weighted by molar-refractivity contribution is 5.81. The van der Waals surface area contributed by atoms with Crippen LogP contribution in [0.1, 0.15) is 25.0 Å². The van der Waals surface area contributed by atoms with Gasteiger partial charge in [-0.2, -0.15) is 0 Å². The Morgan fingerprint density at radius 2 is 2.06 bits per heavy atom. The first-order valence-corrected chi connectivity index (χ1v) is 6.20. The van der Waals surface area contributed by atoms with Gasteiger partial charge in [-0.1, -0.05) is 37.1 Å². The average Bonchev–Trinajstić information content (AvgIpc) is 2.42. The van der Waals surface area contributed by atoms with E-state index in [4.69, 9.17) is 6.42 Å². The van der Waals surface area contributed by atoms with E-state index < -0.39 is 0 Å². The predicted octanol–water partition coefficient (Wildman–Crippen LogP) is 1.48. The number of hydrogen-bond acceptors (Lipinski definition) is 2. The molecule has 0 bridgehead atoms. The average molecular weight is 244 g/mol. The van der Waals surface area contributed by atoms with Gasteiger partial charge in [0.25, 0.3) is 0 Å². The molecule has 1 rings (SSSR count). The standard InChI is InChI=1S/C15H20N2O/c1-4-10-16-15(18)12(3)17-11-14-9-7-6-8-13(14)5-2/h1,6-9,12,17H,5,10-11H2,2-3H3,(H,16,18). The van der Waals surface area contributed by atoms with Gasteiger partial charge in [-0.25, -0.2) is 0 Å². The van der Waals surface area contributed by atoms with E-state index in [1.807, 2.05) is 19.1 Å². The number of terminal acetylenes is 1. The molecule has 0 radical (unpaired) electrons. The van der Waals surface area contributed by atoms with E-state index in [0.717, 1.165) is 6.42 Å². The van der Waals surface area contributed by atoms with Crippen molar-refractivity contribution >= 4 is 5.91 Å². The molecule has 0 aliphatic carbocycles. The number of nitrogens with one attached hydrogen (secondary N) is 2. The van der Waals surface area contributed by atoms with E-state index in [0.29, 0.717) is 6.54 Å². The molecule has 0 saturated heterocycles. The summed E-state index contributed by atoms with van der Waals surface area (Å²) in [5, 5.41) is 5.86. The van der Waals surface area contributed by atoms with Gasteiger partial charge in [-0.15, -0.1) is 6.42 Å². The zero-order chi connectivity index (χ0) is 13.4. The summed E-state index contributed by atoms with van der Waals surface area (Å²) in [5.74, 6) is 2.32. The molecule has 3 nitrogen and oxygen atoms in total. The summed E-state index contributed by atoms with van der Waals surface area (Å²) in [5.41, 5.74) is 2.54. The SMILES string of the molecule is C#CCNC(=O)C(C)NCc1ccccc1CC. The maximum absolute atomic E-state index is 11.6. The molecule has 0 aliphatic heterocycles. The van der Waals surface area contributed by atoms with Crippen molar-refractivity contribution in [1.82, 2.24) is 10.6 Å². The molecule has 3 heteroatoms. The van der Waals surface area contributed by atoms with Crippen LogP contribution < -0.4 is 10.6 Å². The first kappa shape index (κ1) is 14.3. The lowest BCUT2D eigenvalue weighted by atomic mass is 10.1. The highest BCUT2D eigenvalue weighted by Crippen LogP contribution is 2.09. The Morgan fingerprint density at radius 3 is 2.67 bits per heavy atom. The molecular formula is C15H20N2O. The zero-order valence-corrected chi connectivity index (χ0v) is 11.0. The summed E-state index contributed by atoms with van der Waals surface area (Å²) >= 11 is 0. The Hall–Kier alpha value is -1.79. The number of rotatable bonds is 6. The van der Waals surface area contributed by atoms with Crippen molar-refractivity contribution in [2.45, 2.75) is 32.9 Å². The van der Waals surface area contributed by atoms with Crippen molar-refractivity contribution in [2.24, 2.45) is 0 Å². The van der Waals surface area contributed by atoms with Gasteiger partial charge in [0.2, 0.25) is 5.91 Å². The second-order valence-electron chi connectivity index (χ2n) is 4.15. The summed E-state index contributed by atoms with van der Waals surface area (Å²) in [6.45, 7) is 4.92. The van der Waals surface area contributed by atoms with Gasteiger partial charge in [-0.05, 0) is 24.5 Å². The Labute approximate surface area is 109 Å². The van der Waals surface area contributed by atoms with E-state index in [9.17, 15) is 4.79 Å². The molecule has 96 valence electrons. The van der Waals surface area contributed by atoms with Gasteiger partial charge in [-0.3, -0.25) is 4.79 Å². The lowest BCUT2D eigenvalue weighted by Crippen LogP contribution is -2.42. The minimum absolute atomic E-state index is 0.0677. The highest BCUT2D eigenvalue weighted by atomic mass is 16.2. The number of amides is 1. The fourth-order valence-electron chi connectivity index (χ4n) is 1.72. The van der Waals surface area contributed by atoms with Crippen molar-refractivity contribution in [3.8, 4) is 12.3 Å². The zero-order valence-electron chi connectivity index (χ0n) is 11.0. The van der Waals surface area contributed by atoms with Crippen LogP contribution in [0.5, 0.6) is 0 Å². The van der Waals surface area contributed by atoms with Crippen molar-refractivity contribution in [2.75, 3.05) is 6.54 Å². The first-order valence-electron chi connectivity index (χ1n) is 6.20. The molecule has 1 aromatic rings. The first-order chi connectivity index (χ1) is 8.69. The lowest BCUT2D eigenvalue weighted by Gasteiger charge is -2.14. The molecule has 0 fully saturated rings. The fraction of sp³-hybridized carbons (Fsp3) is 0.400. The van der Waals surface area contributed by atoms with Crippen molar-refractivity contribution in [3.05, 3.63) is 35.4 Å². The third kappa shape index (κ3) is 4.23. The molecule has 1 atom stereocenters. The summed E-state index contributed by atoms with van der Waals surface area (Å²) in [6.07, 6.45) is 6.09. The van der Waals surface area contributed by atoms with Gasteiger partial charge in [0.1, 0.15) is 0 Å². The molecule has 0 heterocycles. The summed E-state index contributed by atoms with van der Waals surface area (Å²) < 4.78 is 0. The number of benzene rings is 1. The minimum atomic E-state index is -0.247. The summed E-state index contributed by atoms with van der Waals surface area (Å²) in [4.78, 5) is 11.6. The molecule has 0 aromatic heterocycles. The fourth-order valence-corrected chi connectivity index (χ4v) is 1.72. The van der Waals surface area contributed by atoms with Crippen molar-refractivity contribution in [3.63, 3.8) is 0 Å². The molecule has 1 unspecified atom stereocenters. The quantitative estimate of drug-likeness (QED) is 0.744. The van der Waals surface area contributed by atoms with Crippen LogP contribution in [0.4, 0.5) is 0 Å². The monoisotopic (exact) mass is 244 g/mol. The van der Waals surface area contributed by atoms with E-state index >= 15 is 0 Å². The molecule has 0 saturated carbocycles. The minimum Gasteiger partial charge on any atom is -0.344 e. The van der Waals surface area contributed by atoms with Gasteiger partial charge < -0.3 is 10.6 Å². The number of aryl methyl sites for hydroxylation is 1.